The maximum absolute atomic E-state index is 4.29. The summed E-state index contributed by atoms with van der Waals surface area (Å²) in [4.78, 5) is 8.21. The first-order valence-corrected chi connectivity index (χ1v) is 4.86. The molecule has 2 rings (SSSR count). The summed E-state index contributed by atoms with van der Waals surface area (Å²) in [7, 11) is 0. The van der Waals surface area contributed by atoms with Gasteiger partial charge in [-0.25, -0.2) is 0 Å². The van der Waals surface area contributed by atoms with Gasteiger partial charge >= 0.3 is 0 Å². The van der Waals surface area contributed by atoms with Crippen LogP contribution in [-0.2, 0) is 0 Å². The maximum atomic E-state index is 4.29. The second kappa shape index (κ2) is 3.96. The van der Waals surface area contributed by atoms with Crippen LogP contribution >= 0.6 is 11.3 Å². The van der Waals surface area contributed by atoms with Crippen molar-refractivity contribution < 1.29 is 0 Å². The lowest BCUT2D eigenvalue weighted by molar-refractivity contribution is 1.32. The molecule has 0 saturated carbocycles. The Morgan fingerprint density at radius 2 is 2.08 bits per heavy atom. The van der Waals surface area contributed by atoms with Gasteiger partial charge in [0.05, 0.1) is 5.69 Å². The third-order valence-corrected chi connectivity index (χ3v) is 2.27. The van der Waals surface area contributed by atoms with Crippen molar-refractivity contribution in [2.75, 3.05) is 0 Å². The molecule has 0 radical (unpaired) electrons. The minimum Gasteiger partial charge on any atom is -0.265 e. The summed E-state index contributed by atoms with van der Waals surface area (Å²) < 4.78 is 0. The average Bonchev–Trinajstić information content (AvgIpc) is 2.69. The zero-order valence-electron chi connectivity index (χ0n) is 6.92. The SMILES string of the molecule is C(=Nc1ccncc1)c1ccsc1. The molecule has 0 bridgehead atoms. The molecule has 64 valence electrons. The first-order valence-electron chi connectivity index (χ1n) is 3.91. The standard InChI is InChI=1S/C10H8N2S/c1-4-11-5-2-10(1)12-7-9-3-6-13-8-9/h1-8H. The van der Waals surface area contributed by atoms with Crippen LogP contribution < -0.4 is 0 Å². The largest absolute Gasteiger partial charge is 0.265 e. The molecule has 3 heteroatoms. The Hall–Kier alpha value is -1.48. The number of pyridine rings is 1. The molecule has 2 heterocycles. The van der Waals surface area contributed by atoms with Crippen molar-refractivity contribution in [1.82, 2.24) is 4.98 Å². The molecule has 0 fully saturated rings. The van der Waals surface area contributed by atoms with Crippen LogP contribution in [0.5, 0.6) is 0 Å². The quantitative estimate of drug-likeness (QED) is 0.665. The number of thiophene rings is 1. The second-order valence-corrected chi connectivity index (χ2v) is 3.30. The maximum Gasteiger partial charge on any atom is 0.0660 e. The molecule has 0 atom stereocenters. The zero-order chi connectivity index (χ0) is 8.93. The van der Waals surface area contributed by atoms with E-state index >= 15 is 0 Å². The predicted molar refractivity (Wildman–Crippen MR) is 55.8 cm³/mol. The summed E-state index contributed by atoms with van der Waals surface area (Å²) >= 11 is 1.67. The average molecular weight is 188 g/mol. The second-order valence-electron chi connectivity index (χ2n) is 2.52. The third-order valence-electron chi connectivity index (χ3n) is 1.57. The zero-order valence-corrected chi connectivity index (χ0v) is 7.74. The molecular formula is C10H8N2S. The summed E-state index contributed by atoms with van der Waals surface area (Å²) in [6, 6.07) is 5.79. The van der Waals surface area contributed by atoms with Gasteiger partial charge in [0, 0.05) is 24.2 Å². The van der Waals surface area contributed by atoms with E-state index in [9.17, 15) is 0 Å². The topological polar surface area (TPSA) is 25.2 Å². The van der Waals surface area contributed by atoms with Crippen molar-refractivity contribution in [3.8, 4) is 0 Å². The summed E-state index contributed by atoms with van der Waals surface area (Å²) in [5.74, 6) is 0. The van der Waals surface area contributed by atoms with E-state index in [0.717, 1.165) is 11.3 Å². The van der Waals surface area contributed by atoms with Crippen molar-refractivity contribution >= 4 is 23.2 Å². The van der Waals surface area contributed by atoms with E-state index in [1.807, 2.05) is 29.8 Å². The van der Waals surface area contributed by atoms with Crippen LogP contribution in [0.15, 0.2) is 46.3 Å². The Bertz CT molecular complexity index is 379. The van der Waals surface area contributed by atoms with Crippen molar-refractivity contribution in [3.63, 3.8) is 0 Å². The Kier molecular flexibility index (Phi) is 2.48. The van der Waals surface area contributed by atoms with E-state index in [0.29, 0.717) is 0 Å². The normalized spacial score (nSPS) is 10.8. The van der Waals surface area contributed by atoms with Crippen LogP contribution in [0.25, 0.3) is 0 Å². The molecule has 0 aliphatic carbocycles. The fourth-order valence-electron chi connectivity index (χ4n) is 0.928. The molecule has 0 amide bonds. The first-order chi connectivity index (χ1) is 6.45. The van der Waals surface area contributed by atoms with Gasteiger partial charge < -0.3 is 0 Å². The van der Waals surface area contributed by atoms with Gasteiger partial charge in [-0.05, 0) is 29.0 Å². The van der Waals surface area contributed by atoms with Crippen molar-refractivity contribution in [1.29, 1.82) is 0 Å². The van der Waals surface area contributed by atoms with Crippen molar-refractivity contribution in [2.45, 2.75) is 0 Å². The smallest absolute Gasteiger partial charge is 0.0660 e. The Balaban J connectivity index is 2.15. The number of hydrogen-bond acceptors (Lipinski definition) is 3. The summed E-state index contributed by atoms with van der Waals surface area (Å²) in [5, 5.41) is 4.10. The Labute approximate surface area is 80.6 Å². The van der Waals surface area contributed by atoms with Crippen LogP contribution in [0.1, 0.15) is 5.56 Å². The van der Waals surface area contributed by atoms with Crippen LogP contribution in [0.3, 0.4) is 0 Å². The summed E-state index contributed by atoms with van der Waals surface area (Å²) in [6.45, 7) is 0. The summed E-state index contributed by atoms with van der Waals surface area (Å²) in [5.41, 5.74) is 2.07. The van der Waals surface area contributed by atoms with Gasteiger partial charge in [-0.2, -0.15) is 11.3 Å². The van der Waals surface area contributed by atoms with Gasteiger partial charge in [0.15, 0.2) is 0 Å². The van der Waals surface area contributed by atoms with Crippen LogP contribution in [0, 0.1) is 0 Å². The summed E-state index contributed by atoms with van der Waals surface area (Å²) in [6.07, 6.45) is 5.33. The van der Waals surface area contributed by atoms with Crippen LogP contribution in [-0.4, -0.2) is 11.2 Å². The van der Waals surface area contributed by atoms with Gasteiger partial charge in [0.2, 0.25) is 0 Å². The van der Waals surface area contributed by atoms with Gasteiger partial charge in [0.1, 0.15) is 0 Å². The molecule has 2 aromatic heterocycles. The molecule has 13 heavy (non-hydrogen) atoms. The van der Waals surface area contributed by atoms with E-state index in [1.165, 1.54) is 0 Å². The van der Waals surface area contributed by atoms with E-state index < -0.39 is 0 Å². The van der Waals surface area contributed by atoms with E-state index in [2.05, 4.69) is 15.4 Å². The highest BCUT2D eigenvalue weighted by Gasteiger charge is 1.87. The number of aliphatic imine (C=N–C) groups is 1. The highest BCUT2D eigenvalue weighted by molar-refractivity contribution is 7.08. The molecule has 0 spiro atoms. The lowest BCUT2D eigenvalue weighted by Gasteiger charge is -1.89. The third kappa shape index (κ3) is 2.23. The highest BCUT2D eigenvalue weighted by atomic mass is 32.1. The van der Waals surface area contributed by atoms with Crippen molar-refractivity contribution in [2.24, 2.45) is 4.99 Å². The lowest BCUT2D eigenvalue weighted by atomic mass is 10.3. The number of nitrogens with zero attached hydrogens (tertiary/aromatic N) is 2. The minimum absolute atomic E-state index is 0.932. The molecule has 0 saturated heterocycles. The van der Waals surface area contributed by atoms with E-state index in [-0.39, 0.29) is 0 Å². The molecule has 0 unspecified atom stereocenters. The van der Waals surface area contributed by atoms with Gasteiger partial charge in [0.25, 0.3) is 0 Å². The van der Waals surface area contributed by atoms with Gasteiger partial charge in [-0.1, -0.05) is 0 Å². The molecule has 0 N–H and O–H groups in total. The molecule has 0 aliphatic heterocycles. The minimum atomic E-state index is 0.932. The van der Waals surface area contributed by atoms with Gasteiger partial charge in [-0.3, -0.25) is 9.98 Å². The monoisotopic (exact) mass is 188 g/mol. The molecule has 0 aliphatic rings. The predicted octanol–water partition coefficient (Wildman–Crippen LogP) is 2.89. The first kappa shape index (κ1) is 8.13. The van der Waals surface area contributed by atoms with Gasteiger partial charge in [-0.15, -0.1) is 0 Å². The molecular weight excluding hydrogens is 180 g/mol. The molecule has 2 nitrogen and oxygen atoms in total. The Morgan fingerprint density at radius 1 is 1.23 bits per heavy atom. The van der Waals surface area contributed by atoms with E-state index in [4.69, 9.17) is 0 Å². The van der Waals surface area contributed by atoms with Crippen molar-refractivity contribution in [3.05, 3.63) is 46.9 Å². The number of hydrogen-bond donors (Lipinski definition) is 0. The Morgan fingerprint density at radius 3 is 2.77 bits per heavy atom. The molecule has 0 aromatic carbocycles. The fraction of sp³-hybridized carbons (Fsp3) is 0. The molecule has 2 aromatic rings. The number of aromatic nitrogens is 1. The fourth-order valence-corrected chi connectivity index (χ4v) is 1.54. The van der Waals surface area contributed by atoms with Crippen LogP contribution in [0.2, 0.25) is 0 Å². The van der Waals surface area contributed by atoms with E-state index in [1.54, 1.807) is 23.7 Å². The van der Waals surface area contributed by atoms with Crippen LogP contribution in [0.4, 0.5) is 5.69 Å². The highest BCUT2D eigenvalue weighted by Crippen LogP contribution is 2.09. The number of rotatable bonds is 2. The lowest BCUT2D eigenvalue weighted by Crippen LogP contribution is -1.73.